The number of ether oxygens (including phenoxy) is 1. The zero-order valence-electron chi connectivity index (χ0n) is 14.6. The third-order valence-corrected chi connectivity index (χ3v) is 4.45. The van der Waals surface area contributed by atoms with Crippen molar-refractivity contribution in [2.24, 2.45) is 0 Å². The Hall–Kier alpha value is -3.00. The van der Waals surface area contributed by atoms with Crippen LogP contribution in [0.1, 0.15) is 19.3 Å². The summed E-state index contributed by atoms with van der Waals surface area (Å²) in [6, 6.07) is 7.75. The minimum absolute atomic E-state index is 0. The molecule has 136 valence electrons. The highest BCUT2D eigenvalue weighted by molar-refractivity contribution is 5.85. The SMILES string of the molecule is COc1ccc(-c2cnc3nc(N)nc(N4CCCCC4)c3n2)cc1.O. The van der Waals surface area contributed by atoms with E-state index in [1.165, 1.54) is 6.42 Å². The zero-order valence-corrected chi connectivity index (χ0v) is 14.6. The van der Waals surface area contributed by atoms with Crippen molar-refractivity contribution in [2.45, 2.75) is 19.3 Å². The first-order valence-electron chi connectivity index (χ1n) is 8.44. The first-order valence-corrected chi connectivity index (χ1v) is 8.44. The maximum atomic E-state index is 5.88. The van der Waals surface area contributed by atoms with E-state index in [0.29, 0.717) is 11.2 Å². The summed E-state index contributed by atoms with van der Waals surface area (Å²) in [5.74, 6) is 1.83. The molecule has 0 radical (unpaired) electrons. The van der Waals surface area contributed by atoms with Crippen LogP contribution in [0, 0.1) is 0 Å². The van der Waals surface area contributed by atoms with E-state index in [4.69, 9.17) is 15.5 Å². The summed E-state index contributed by atoms with van der Waals surface area (Å²) in [4.78, 5) is 20.2. The smallest absolute Gasteiger partial charge is 0.224 e. The van der Waals surface area contributed by atoms with Gasteiger partial charge in [-0.1, -0.05) is 0 Å². The Bertz CT molecular complexity index is 894. The lowest BCUT2D eigenvalue weighted by Gasteiger charge is -2.28. The van der Waals surface area contributed by atoms with E-state index in [9.17, 15) is 0 Å². The number of nitrogens with zero attached hydrogens (tertiary/aromatic N) is 5. The van der Waals surface area contributed by atoms with Crippen LogP contribution >= 0.6 is 0 Å². The Kier molecular flexibility index (Phi) is 5.13. The van der Waals surface area contributed by atoms with Gasteiger partial charge in [-0.2, -0.15) is 9.97 Å². The summed E-state index contributed by atoms with van der Waals surface area (Å²) in [6.45, 7) is 1.92. The summed E-state index contributed by atoms with van der Waals surface area (Å²) in [5.41, 5.74) is 8.86. The lowest BCUT2D eigenvalue weighted by Crippen LogP contribution is -2.30. The van der Waals surface area contributed by atoms with Crippen LogP contribution in [0.5, 0.6) is 5.75 Å². The highest BCUT2D eigenvalue weighted by Crippen LogP contribution is 2.27. The van der Waals surface area contributed by atoms with Crippen LogP contribution in [-0.4, -0.2) is 45.6 Å². The fourth-order valence-electron chi connectivity index (χ4n) is 3.14. The van der Waals surface area contributed by atoms with Crippen molar-refractivity contribution in [1.82, 2.24) is 19.9 Å². The molecule has 3 aromatic rings. The number of piperidine rings is 1. The number of fused-ring (bicyclic) bond motifs is 1. The second-order valence-electron chi connectivity index (χ2n) is 6.11. The van der Waals surface area contributed by atoms with Gasteiger partial charge in [-0.25, -0.2) is 9.97 Å². The van der Waals surface area contributed by atoms with Gasteiger partial charge in [0.2, 0.25) is 5.95 Å². The number of hydrogen-bond acceptors (Lipinski definition) is 7. The summed E-state index contributed by atoms with van der Waals surface area (Å²) < 4.78 is 5.21. The first-order chi connectivity index (χ1) is 12.2. The molecule has 0 saturated carbocycles. The van der Waals surface area contributed by atoms with E-state index >= 15 is 0 Å². The van der Waals surface area contributed by atoms with E-state index < -0.39 is 0 Å². The Morgan fingerprint density at radius 1 is 1.00 bits per heavy atom. The van der Waals surface area contributed by atoms with Crippen LogP contribution < -0.4 is 15.4 Å². The monoisotopic (exact) mass is 354 g/mol. The molecule has 0 bridgehead atoms. The van der Waals surface area contributed by atoms with Crippen molar-refractivity contribution in [1.29, 1.82) is 0 Å². The van der Waals surface area contributed by atoms with Crippen LogP contribution in [0.25, 0.3) is 22.4 Å². The quantitative estimate of drug-likeness (QED) is 0.761. The molecule has 8 heteroatoms. The number of rotatable bonds is 3. The average molecular weight is 354 g/mol. The van der Waals surface area contributed by atoms with E-state index in [-0.39, 0.29) is 11.4 Å². The van der Waals surface area contributed by atoms with Crippen molar-refractivity contribution in [3.05, 3.63) is 30.5 Å². The molecule has 1 fully saturated rings. The van der Waals surface area contributed by atoms with Crippen LogP contribution in [-0.2, 0) is 0 Å². The van der Waals surface area contributed by atoms with Crippen LogP contribution in [0.2, 0.25) is 0 Å². The number of nitrogen functional groups attached to an aromatic ring is 1. The zero-order chi connectivity index (χ0) is 17.2. The lowest BCUT2D eigenvalue weighted by molar-refractivity contribution is 0.415. The van der Waals surface area contributed by atoms with Gasteiger partial charge in [0.25, 0.3) is 0 Å². The number of benzene rings is 1. The highest BCUT2D eigenvalue weighted by Gasteiger charge is 2.19. The van der Waals surface area contributed by atoms with E-state index in [1.54, 1.807) is 13.3 Å². The summed E-state index contributed by atoms with van der Waals surface area (Å²) in [7, 11) is 1.65. The van der Waals surface area contributed by atoms with Gasteiger partial charge in [-0.3, -0.25) is 0 Å². The predicted molar refractivity (Wildman–Crippen MR) is 101 cm³/mol. The van der Waals surface area contributed by atoms with Crippen LogP contribution in [0.15, 0.2) is 30.5 Å². The van der Waals surface area contributed by atoms with Crippen molar-refractivity contribution >= 4 is 22.9 Å². The van der Waals surface area contributed by atoms with E-state index in [1.807, 2.05) is 24.3 Å². The van der Waals surface area contributed by atoms with Gasteiger partial charge in [-0.05, 0) is 43.5 Å². The standard InChI is InChI=1S/C18H20N6O.H2O/c1-25-13-7-5-12(6-8-13)14-11-20-16-15(21-14)17(23-18(19)22-16)24-9-3-2-4-10-24;/h5-8,11H,2-4,9-10H2,1H3,(H2,19,20,22,23);1H2. The molecule has 0 atom stereocenters. The minimum Gasteiger partial charge on any atom is -0.497 e. The van der Waals surface area contributed by atoms with Crippen molar-refractivity contribution in [2.75, 3.05) is 30.8 Å². The first kappa shape index (κ1) is 17.8. The van der Waals surface area contributed by atoms with Gasteiger partial charge in [0.1, 0.15) is 5.75 Å². The van der Waals surface area contributed by atoms with Gasteiger partial charge in [0, 0.05) is 18.7 Å². The highest BCUT2D eigenvalue weighted by atomic mass is 16.5. The average Bonchev–Trinajstić information content (AvgIpc) is 2.68. The summed E-state index contributed by atoms with van der Waals surface area (Å²) in [6.07, 6.45) is 5.27. The molecule has 0 unspecified atom stereocenters. The van der Waals surface area contributed by atoms with Gasteiger partial charge in [-0.15, -0.1) is 0 Å². The van der Waals surface area contributed by atoms with Crippen molar-refractivity contribution in [3.63, 3.8) is 0 Å². The molecule has 0 amide bonds. The molecule has 4 rings (SSSR count). The molecular weight excluding hydrogens is 332 g/mol. The topological polar surface area (TPSA) is 122 Å². The van der Waals surface area contributed by atoms with Gasteiger partial charge >= 0.3 is 0 Å². The molecule has 3 heterocycles. The van der Waals surface area contributed by atoms with E-state index in [2.05, 4.69) is 19.9 Å². The lowest BCUT2D eigenvalue weighted by atomic mass is 10.1. The number of hydrogen-bond donors (Lipinski definition) is 1. The Morgan fingerprint density at radius 3 is 2.42 bits per heavy atom. The number of nitrogens with two attached hydrogens (primary N) is 1. The summed E-state index contributed by atoms with van der Waals surface area (Å²) in [5, 5.41) is 0. The fourth-order valence-corrected chi connectivity index (χ4v) is 3.14. The minimum atomic E-state index is 0. The molecule has 1 aliphatic heterocycles. The maximum Gasteiger partial charge on any atom is 0.224 e. The molecule has 8 nitrogen and oxygen atoms in total. The van der Waals surface area contributed by atoms with Gasteiger partial charge < -0.3 is 20.8 Å². The van der Waals surface area contributed by atoms with Crippen molar-refractivity contribution in [3.8, 4) is 17.0 Å². The van der Waals surface area contributed by atoms with Crippen LogP contribution in [0.4, 0.5) is 11.8 Å². The van der Waals surface area contributed by atoms with Gasteiger partial charge in [0.05, 0.1) is 19.0 Å². The second-order valence-corrected chi connectivity index (χ2v) is 6.11. The van der Waals surface area contributed by atoms with Crippen molar-refractivity contribution < 1.29 is 10.2 Å². The molecule has 2 aromatic heterocycles. The van der Waals surface area contributed by atoms with Gasteiger partial charge in [0.15, 0.2) is 17.0 Å². The van der Waals surface area contributed by atoms with Crippen LogP contribution in [0.3, 0.4) is 0 Å². The molecule has 1 aliphatic rings. The summed E-state index contributed by atoms with van der Waals surface area (Å²) >= 11 is 0. The Balaban J connectivity index is 0.00000196. The molecule has 0 aliphatic carbocycles. The molecule has 4 N–H and O–H groups in total. The maximum absolute atomic E-state index is 5.88. The molecular formula is C18H22N6O2. The fraction of sp³-hybridized carbons (Fsp3) is 0.333. The molecule has 0 spiro atoms. The number of methoxy groups -OCH3 is 1. The third-order valence-electron chi connectivity index (χ3n) is 4.45. The Morgan fingerprint density at radius 2 is 1.73 bits per heavy atom. The number of anilines is 2. The second kappa shape index (κ2) is 7.49. The third kappa shape index (κ3) is 3.36. The molecule has 1 aromatic carbocycles. The molecule has 1 saturated heterocycles. The largest absolute Gasteiger partial charge is 0.497 e. The normalized spacial score (nSPS) is 14.1. The Labute approximate surface area is 151 Å². The predicted octanol–water partition coefficient (Wildman–Crippen LogP) is 1.84. The number of aromatic nitrogens is 4. The molecule has 26 heavy (non-hydrogen) atoms. The van der Waals surface area contributed by atoms with E-state index in [0.717, 1.165) is 48.8 Å².